The molecule has 4 nitrogen and oxygen atoms in total. The van der Waals surface area contributed by atoms with Crippen LogP contribution in [0.2, 0.25) is 0 Å². The molecule has 0 atom stereocenters. The predicted octanol–water partition coefficient (Wildman–Crippen LogP) is 2.19. The van der Waals surface area contributed by atoms with Crippen molar-refractivity contribution in [3.63, 3.8) is 0 Å². The van der Waals surface area contributed by atoms with Gasteiger partial charge in [-0.2, -0.15) is 4.98 Å². The molecule has 0 saturated heterocycles. The molecule has 1 aromatic rings. The zero-order valence-corrected chi connectivity index (χ0v) is 9.00. The van der Waals surface area contributed by atoms with Crippen molar-refractivity contribution in [3.05, 3.63) is 5.82 Å². The third-order valence-electron chi connectivity index (χ3n) is 2.63. The second kappa shape index (κ2) is 3.26. The summed E-state index contributed by atoms with van der Waals surface area (Å²) in [5.41, 5.74) is 0.196. The summed E-state index contributed by atoms with van der Waals surface area (Å²) in [6.45, 7) is 7.33. The van der Waals surface area contributed by atoms with Crippen LogP contribution in [0.4, 0.5) is 6.01 Å². The fourth-order valence-corrected chi connectivity index (χ4v) is 1.24. The molecular weight excluding hydrogens is 178 g/mol. The first kappa shape index (κ1) is 9.49. The molecule has 0 unspecified atom stereocenters. The Balaban J connectivity index is 1.96. The van der Waals surface area contributed by atoms with Crippen molar-refractivity contribution >= 4 is 6.01 Å². The first-order chi connectivity index (χ1) is 6.60. The smallest absolute Gasteiger partial charge is 0.321 e. The normalized spacial score (nSPS) is 18.6. The molecule has 1 aromatic heterocycles. The molecule has 1 heterocycles. The molecule has 0 bridgehead atoms. The van der Waals surface area contributed by atoms with E-state index in [2.05, 4.69) is 36.2 Å². The van der Waals surface area contributed by atoms with Gasteiger partial charge in [-0.05, 0) is 18.8 Å². The van der Waals surface area contributed by atoms with Gasteiger partial charge in [0.1, 0.15) is 0 Å². The highest BCUT2D eigenvalue weighted by Gasteiger charge is 2.43. The number of anilines is 1. The lowest BCUT2D eigenvalue weighted by Gasteiger charge is -2.02. The molecule has 1 aliphatic carbocycles. The van der Waals surface area contributed by atoms with Gasteiger partial charge in [-0.3, -0.25) is 0 Å². The summed E-state index contributed by atoms with van der Waals surface area (Å²) in [6, 6.07) is 0.557. The molecule has 1 N–H and O–H groups in total. The first-order valence-electron chi connectivity index (χ1n) is 5.18. The van der Waals surface area contributed by atoms with E-state index in [-0.39, 0.29) is 5.41 Å². The van der Waals surface area contributed by atoms with Crippen LogP contribution >= 0.6 is 0 Å². The van der Waals surface area contributed by atoms with Crippen molar-refractivity contribution in [2.45, 2.75) is 39.0 Å². The Labute approximate surface area is 84.1 Å². The Morgan fingerprint density at radius 3 is 2.79 bits per heavy atom. The lowest BCUT2D eigenvalue weighted by Crippen LogP contribution is -2.08. The zero-order valence-electron chi connectivity index (χ0n) is 9.00. The number of aromatic nitrogens is 2. The maximum absolute atomic E-state index is 5.11. The van der Waals surface area contributed by atoms with Crippen molar-refractivity contribution in [3.8, 4) is 0 Å². The summed E-state index contributed by atoms with van der Waals surface area (Å²) in [4.78, 5) is 4.33. The third-order valence-corrected chi connectivity index (χ3v) is 2.63. The molecule has 2 rings (SSSR count). The lowest BCUT2D eigenvalue weighted by molar-refractivity contribution is 0.414. The van der Waals surface area contributed by atoms with Gasteiger partial charge in [0, 0.05) is 12.0 Å². The van der Waals surface area contributed by atoms with E-state index in [1.807, 2.05) is 0 Å². The molecule has 14 heavy (non-hydrogen) atoms. The molecular formula is C10H17N3O. The fourth-order valence-electron chi connectivity index (χ4n) is 1.24. The summed E-state index contributed by atoms with van der Waals surface area (Å²) in [5.74, 6) is 1.44. The van der Waals surface area contributed by atoms with Crippen LogP contribution in [0.25, 0.3) is 0 Å². The van der Waals surface area contributed by atoms with Gasteiger partial charge in [0.25, 0.3) is 0 Å². The third kappa shape index (κ3) is 1.89. The molecule has 0 amide bonds. The molecule has 0 radical (unpaired) electrons. The number of rotatable bonds is 4. The van der Waals surface area contributed by atoms with Crippen molar-refractivity contribution in [2.24, 2.45) is 5.92 Å². The Hall–Kier alpha value is -1.06. The van der Waals surface area contributed by atoms with Crippen LogP contribution in [-0.4, -0.2) is 16.7 Å². The predicted molar refractivity (Wildman–Crippen MR) is 54.2 cm³/mol. The standard InChI is InChI=1S/C10H17N3O/c1-7(2)6-11-9-12-8(13-14-9)10(3)4-5-10/h7H,4-6H2,1-3H3,(H,11,12,13). The van der Waals surface area contributed by atoms with E-state index >= 15 is 0 Å². The SMILES string of the molecule is CC(C)CNc1nc(C2(C)CC2)no1. The van der Waals surface area contributed by atoms with Crippen molar-refractivity contribution in [1.29, 1.82) is 0 Å². The summed E-state index contributed by atoms with van der Waals surface area (Å²) in [5, 5.41) is 7.10. The van der Waals surface area contributed by atoms with E-state index in [1.54, 1.807) is 0 Å². The van der Waals surface area contributed by atoms with Gasteiger partial charge in [0.15, 0.2) is 5.82 Å². The van der Waals surface area contributed by atoms with Gasteiger partial charge in [0.05, 0.1) is 0 Å². The van der Waals surface area contributed by atoms with Gasteiger partial charge in [-0.25, -0.2) is 0 Å². The average molecular weight is 195 g/mol. The average Bonchev–Trinajstić information content (AvgIpc) is 2.70. The Morgan fingerprint density at radius 1 is 1.50 bits per heavy atom. The fraction of sp³-hybridized carbons (Fsp3) is 0.800. The van der Waals surface area contributed by atoms with E-state index in [0.29, 0.717) is 11.9 Å². The van der Waals surface area contributed by atoms with Crippen molar-refractivity contribution < 1.29 is 4.52 Å². The van der Waals surface area contributed by atoms with Crippen molar-refractivity contribution in [1.82, 2.24) is 10.1 Å². The van der Waals surface area contributed by atoms with Gasteiger partial charge >= 0.3 is 6.01 Å². The topological polar surface area (TPSA) is 51.0 Å². The zero-order chi connectivity index (χ0) is 10.2. The van der Waals surface area contributed by atoms with Crippen LogP contribution in [0, 0.1) is 5.92 Å². The van der Waals surface area contributed by atoms with Crippen LogP contribution in [0.5, 0.6) is 0 Å². The number of nitrogens with one attached hydrogen (secondary N) is 1. The van der Waals surface area contributed by atoms with Crippen LogP contribution in [0.15, 0.2) is 4.52 Å². The van der Waals surface area contributed by atoms with E-state index in [9.17, 15) is 0 Å². The summed E-state index contributed by atoms with van der Waals surface area (Å²) >= 11 is 0. The molecule has 1 fully saturated rings. The Kier molecular flexibility index (Phi) is 2.21. The molecule has 0 spiro atoms. The van der Waals surface area contributed by atoms with Crippen molar-refractivity contribution in [2.75, 3.05) is 11.9 Å². The molecule has 1 saturated carbocycles. The minimum Gasteiger partial charge on any atom is -0.337 e. The van der Waals surface area contributed by atoms with E-state index in [1.165, 1.54) is 12.8 Å². The first-order valence-corrected chi connectivity index (χ1v) is 5.18. The highest BCUT2D eigenvalue weighted by atomic mass is 16.5. The molecule has 78 valence electrons. The number of nitrogens with zero attached hydrogens (tertiary/aromatic N) is 2. The number of hydrogen-bond donors (Lipinski definition) is 1. The van der Waals surface area contributed by atoms with E-state index < -0.39 is 0 Å². The molecule has 0 aliphatic heterocycles. The summed E-state index contributed by atoms with van der Waals surface area (Å²) < 4.78 is 5.11. The van der Waals surface area contributed by atoms with Crippen LogP contribution < -0.4 is 5.32 Å². The summed E-state index contributed by atoms with van der Waals surface area (Å²) in [6.07, 6.45) is 2.35. The molecule has 4 heteroatoms. The maximum Gasteiger partial charge on any atom is 0.321 e. The van der Waals surface area contributed by atoms with Gasteiger partial charge < -0.3 is 9.84 Å². The second-order valence-electron chi connectivity index (χ2n) is 4.76. The molecule has 1 aliphatic rings. The van der Waals surface area contributed by atoms with Gasteiger partial charge in [-0.1, -0.05) is 25.9 Å². The monoisotopic (exact) mass is 195 g/mol. The van der Waals surface area contributed by atoms with Crippen LogP contribution in [0.3, 0.4) is 0 Å². The number of hydrogen-bond acceptors (Lipinski definition) is 4. The molecule has 0 aromatic carbocycles. The van der Waals surface area contributed by atoms with E-state index in [4.69, 9.17) is 4.52 Å². The van der Waals surface area contributed by atoms with Gasteiger partial charge in [-0.15, -0.1) is 0 Å². The van der Waals surface area contributed by atoms with Crippen LogP contribution in [0.1, 0.15) is 39.4 Å². The Morgan fingerprint density at radius 2 is 2.21 bits per heavy atom. The minimum absolute atomic E-state index is 0.196. The van der Waals surface area contributed by atoms with E-state index in [0.717, 1.165) is 12.4 Å². The quantitative estimate of drug-likeness (QED) is 0.800. The Bertz CT molecular complexity index is 315. The van der Waals surface area contributed by atoms with Crippen LogP contribution in [-0.2, 0) is 5.41 Å². The maximum atomic E-state index is 5.11. The highest BCUT2D eigenvalue weighted by Crippen LogP contribution is 2.46. The lowest BCUT2D eigenvalue weighted by atomic mass is 10.1. The highest BCUT2D eigenvalue weighted by molar-refractivity contribution is 5.23. The minimum atomic E-state index is 0.196. The summed E-state index contributed by atoms with van der Waals surface area (Å²) in [7, 11) is 0. The second-order valence-corrected chi connectivity index (χ2v) is 4.76. The van der Waals surface area contributed by atoms with Gasteiger partial charge in [0.2, 0.25) is 0 Å². The largest absolute Gasteiger partial charge is 0.337 e.